The molecule has 0 nitrogen and oxygen atoms in total. The molecule has 0 saturated heterocycles. The fourth-order valence-electron chi connectivity index (χ4n) is 2.99. The van der Waals surface area contributed by atoms with Crippen molar-refractivity contribution in [2.45, 2.75) is 74.8 Å². The SMILES string of the molecule is C[CH2][Ge]([C]#C[Si](C)(C)CC[Si](C)(C)C=Cc1ccc(Cl)cc1)([CH2]C)[CH2]C. The van der Waals surface area contributed by atoms with Crippen molar-refractivity contribution in [3.8, 4) is 10.3 Å². The molecule has 1 aromatic rings. The maximum absolute atomic E-state index is 5.97. The summed E-state index contributed by atoms with van der Waals surface area (Å²) in [4.78, 5) is 0. The van der Waals surface area contributed by atoms with Crippen molar-refractivity contribution in [3.63, 3.8) is 0 Å². The molecule has 0 aliphatic heterocycles. The number of hydrogen-bond acceptors (Lipinski definition) is 0. The Labute approximate surface area is 172 Å². The van der Waals surface area contributed by atoms with Crippen molar-refractivity contribution < 1.29 is 0 Å². The Balaban J connectivity index is 2.74. The van der Waals surface area contributed by atoms with Crippen LogP contribution in [0.15, 0.2) is 30.0 Å². The van der Waals surface area contributed by atoms with Gasteiger partial charge in [-0.25, -0.2) is 0 Å². The molecule has 1 aromatic carbocycles. The van der Waals surface area contributed by atoms with Crippen LogP contribution in [-0.4, -0.2) is 29.4 Å². The molecule has 0 aliphatic carbocycles. The summed E-state index contributed by atoms with van der Waals surface area (Å²) in [6.45, 7) is 17.0. The van der Waals surface area contributed by atoms with E-state index >= 15 is 0 Å². The van der Waals surface area contributed by atoms with E-state index in [1.165, 1.54) is 33.4 Å². The van der Waals surface area contributed by atoms with E-state index in [-0.39, 0.29) is 0 Å². The van der Waals surface area contributed by atoms with Crippen molar-refractivity contribution in [2.24, 2.45) is 0 Å². The third-order valence-corrected chi connectivity index (χ3v) is 21.8. The van der Waals surface area contributed by atoms with E-state index in [4.69, 9.17) is 11.6 Å². The van der Waals surface area contributed by atoms with E-state index in [0.717, 1.165) is 5.02 Å². The summed E-state index contributed by atoms with van der Waals surface area (Å²) < 4.78 is 3.91. The van der Waals surface area contributed by atoms with Crippen LogP contribution in [0.4, 0.5) is 0 Å². The van der Waals surface area contributed by atoms with Gasteiger partial charge in [0, 0.05) is 0 Å². The minimum absolute atomic E-state index is 0.803. The molecule has 0 unspecified atom stereocenters. The summed E-state index contributed by atoms with van der Waals surface area (Å²) in [5, 5.41) is 4.87. The van der Waals surface area contributed by atoms with Gasteiger partial charge < -0.3 is 0 Å². The van der Waals surface area contributed by atoms with Crippen LogP contribution in [-0.2, 0) is 0 Å². The number of hydrogen-bond donors (Lipinski definition) is 0. The van der Waals surface area contributed by atoms with Gasteiger partial charge in [-0.15, -0.1) is 0 Å². The Morgan fingerprint density at radius 2 is 1.46 bits per heavy atom. The van der Waals surface area contributed by atoms with Crippen LogP contribution < -0.4 is 0 Å². The van der Waals surface area contributed by atoms with Crippen LogP contribution in [0.2, 0.25) is 59.1 Å². The zero-order valence-corrected chi connectivity index (χ0v) is 22.7. The third-order valence-electron chi connectivity index (χ3n) is 5.69. The van der Waals surface area contributed by atoms with Crippen LogP contribution in [0.1, 0.15) is 26.3 Å². The Bertz CT molecular complexity index is 639. The number of rotatable bonds is 8. The summed E-state index contributed by atoms with van der Waals surface area (Å²) in [7, 11) is -2.76. The molecular weight excluding hydrogens is 428 g/mol. The van der Waals surface area contributed by atoms with Crippen LogP contribution in [0, 0.1) is 10.3 Å². The minimum atomic E-state index is -1.85. The van der Waals surface area contributed by atoms with Crippen LogP contribution >= 0.6 is 11.6 Å². The molecule has 0 spiro atoms. The molecule has 0 bridgehead atoms. The van der Waals surface area contributed by atoms with Crippen molar-refractivity contribution in [1.29, 1.82) is 0 Å². The van der Waals surface area contributed by atoms with E-state index in [2.05, 4.69) is 81.2 Å². The van der Waals surface area contributed by atoms with Gasteiger partial charge in [-0.3, -0.25) is 0 Å². The molecule has 0 radical (unpaired) electrons. The summed E-state index contributed by atoms with van der Waals surface area (Å²) in [6, 6.07) is 10.8. The summed E-state index contributed by atoms with van der Waals surface area (Å²) >= 11 is 4.13. The first kappa shape index (κ1) is 23.8. The summed E-state index contributed by atoms with van der Waals surface area (Å²) in [6.07, 6.45) is 2.29. The van der Waals surface area contributed by atoms with Crippen molar-refractivity contribution in [3.05, 3.63) is 40.6 Å². The molecule has 0 saturated carbocycles. The Kier molecular flexibility index (Phi) is 9.50. The zero-order chi connectivity index (χ0) is 19.8. The molecule has 0 amide bonds. The zero-order valence-electron chi connectivity index (χ0n) is 17.9. The second-order valence-corrected chi connectivity index (χ2v) is 29.0. The Morgan fingerprint density at radius 1 is 0.923 bits per heavy atom. The van der Waals surface area contributed by atoms with Crippen molar-refractivity contribution in [1.82, 2.24) is 0 Å². The number of halogens is 1. The monoisotopic (exact) mass is 466 g/mol. The quantitative estimate of drug-likeness (QED) is 0.270. The molecule has 26 heavy (non-hydrogen) atoms. The molecule has 144 valence electrons. The molecular formula is C22H37ClGeSi2. The maximum atomic E-state index is 5.97. The molecule has 1 rings (SSSR count). The van der Waals surface area contributed by atoms with Gasteiger partial charge in [-0.1, -0.05) is 11.6 Å². The molecule has 0 fully saturated rings. The number of benzene rings is 1. The van der Waals surface area contributed by atoms with Gasteiger partial charge in [-0.05, 0) is 0 Å². The summed E-state index contributed by atoms with van der Waals surface area (Å²) in [5.41, 5.74) is 7.60. The molecule has 4 heteroatoms. The Morgan fingerprint density at radius 3 is 1.96 bits per heavy atom. The predicted molar refractivity (Wildman–Crippen MR) is 130 cm³/mol. The van der Waals surface area contributed by atoms with E-state index in [1.807, 2.05) is 12.1 Å². The van der Waals surface area contributed by atoms with Gasteiger partial charge >= 0.3 is 161 Å². The molecule has 0 N–H and O–H groups in total. The van der Waals surface area contributed by atoms with Crippen LogP contribution in [0.25, 0.3) is 6.08 Å². The van der Waals surface area contributed by atoms with Gasteiger partial charge in [0.25, 0.3) is 0 Å². The van der Waals surface area contributed by atoms with Gasteiger partial charge in [0.2, 0.25) is 0 Å². The van der Waals surface area contributed by atoms with Crippen molar-refractivity contribution in [2.75, 3.05) is 0 Å². The van der Waals surface area contributed by atoms with Gasteiger partial charge in [0.1, 0.15) is 0 Å². The van der Waals surface area contributed by atoms with Crippen molar-refractivity contribution >= 4 is 47.1 Å². The summed E-state index contributed by atoms with van der Waals surface area (Å²) in [5.74, 6) is 0. The van der Waals surface area contributed by atoms with E-state index < -0.39 is 29.4 Å². The fraction of sp³-hybridized carbons (Fsp3) is 0.545. The second-order valence-electron chi connectivity index (χ2n) is 8.85. The topological polar surface area (TPSA) is 0 Å². The van der Waals surface area contributed by atoms with Gasteiger partial charge in [-0.2, -0.15) is 0 Å². The molecule has 0 heterocycles. The average Bonchev–Trinajstić information content (AvgIpc) is 2.62. The first-order valence-corrected chi connectivity index (χ1v) is 22.4. The average molecular weight is 466 g/mol. The standard InChI is InChI=1S/C22H37ClGeSi2/c1-8-24(9-2,10-3)16-18-26(6,7)20-19-25(4,5)17-15-21-11-13-22(23)14-12-21/h11-15,17H,8-10,19-20H2,1-7H3. The molecule has 0 aromatic heterocycles. The van der Waals surface area contributed by atoms with E-state index in [9.17, 15) is 0 Å². The van der Waals surface area contributed by atoms with Gasteiger partial charge in [0.05, 0.1) is 0 Å². The van der Waals surface area contributed by atoms with Crippen LogP contribution in [0.5, 0.6) is 0 Å². The Hall–Kier alpha value is -0.213. The normalized spacial score (nSPS) is 12.9. The third kappa shape index (κ3) is 8.21. The van der Waals surface area contributed by atoms with E-state index in [0.29, 0.717) is 0 Å². The molecule has 0 aliphatic rings. The first-order chi connectivity index (χ1) is 12.1. The van der Waals surface area contributed by atoms with Gasteiger partial charge in [0.15, 0.2) is 0 Å². The van der Waals surface area contributed by atoms with E-state index in [1.54, 1.807) is 0 Å². The van der Waals surface area contributed by atoms with Crippen LogP contribution in [0.3, 0.4) is 0 Å². The molecule has 0 atom stereocenters. The fourth-order valence-corrected chi connectivity index (χ4v) is 17.8. The first-order valence-electron chi connectivity index (χ1n) is 10.1. The predicted octanol–water partition coefficient (Wildman–Crippen LogP) is 7.90. The second kappa shape index (κ2) is 10.4.